The second kappa shape index (κ2) is 6.79. The van der Waals surface area contributed by atoms with Gasteiger partial charge in [-0.15, -0.1) is 0 Å². The average molecular weight is 278 g/mol. The molecule has 0 aliphatic carbocycles. The van der Waals surface area contributed by atoms with Gasteiger partial charge in [0.1, 0.15) is 6.07 Å². The number of nitrogens with zero attached hydrogens (tertiary/aromatic N) is 2. The number of hydrogen-bond acceptors (Lipinski definition) is 3. The number of halogens is 1. The minimum atomic E-state index is 0.513. The Bertz CT molecular complexity index is 461. The third-order valence-electron chi connectivity index (χ3n) is 3.66. The van der Waals surface area contributed by atoms with E-state index in [2.05, 4.69) is 23.2 Å². The van der Waals surface area contributed by atoms with Gasteiger partial charge in [-0.25, -0.2) is 0 Å². The predicted molar refractivity (Wildman–Crippen MR) is 79.7 cm³/mol. The van der Waals surface area contributed by atoms with Gasteiger partial charge in [0.05, 0.1) is 11.3 Å². The first-order valence-electron chi connectivity index (χ1n) is 6.92. The van der Waals surface area contributed by atoms with Crippen molar-refractivity contribution in [1.29, 1.82) is 5.26 Å². The zero-order valence-electron chi connectivity index (χ0n) is 11.3. The number of piperidine rings is 1. The Morgan fingerprint density at radius 3 is 2.95 bits per heavy atom. The highest BCUT2D eigenvalue weighted by molar-refractivity contribution is 6.30. The van der Waals surface area contributed by atoms with Crippen molar-refractivity contribution in [3.63, 3.8) is 0 Å². The van der Waals surface area contributed by atoms with E-state index < -0.39 is 0 Å². The van der Waals surface area contributed by atoms with Crippen LogP contribution in [0.2, 0.25) is 5.02 Å². The molecule has 4 heteroatoms. The fourth-order valence-electron chi connectivity index (χ4n) is 2.60. The molecule has 0 radical (unpaired) electrons. The maximum atomic E-state index is 9.22. The number of nitrogens with one attached hydrogen (secondary N) is 1. The molecule has 0 amide bonds. The first kappa shape index (κ1) is 14.2. The van der Waals surface area contributed by atoms with Gasteiger partial charge in [-0.1, -0.05) is 18.0 Å². The van der Waals surface area contributed by atoms with Crippen LogP contribution in [0.1, 0.15) is 31.7 Å². The number of benzene rings is 1. The summed E-state index contributed by atoms with van der Waals surface area (Å²) in [4.78, 5) is 2.24. The third-order valence-corrected chi connectivity index (χ3v) is 3.89. The summed E-state index contributed by atoms with van der Waals surface area (Å²) in [7, 11) is 0. The van der Waals surface area contributed by atoms with E-state index in [4.69, 9.17) is 11.6 Å². The molecule has 1 unspecified atom stereocenters. The molecular formula is C15H20ClN3. The highest BCUT2D eigenvalue weighted by atomic mass is 35.5. The number of rotatable bonds is 4. The number of anilines is 1. The van der Waals surface area contributed by atoms with Crippen LogP contribution in [0, 0.1) is 11.3 Å². The summed E-state index contributed by atoms with van der Waals surface area (Å²) < 4.78 is 0. The van der Waals surface area contributed by atoms with Crippen LogP contribution in [-0.2, 0) is 0 Å². The van der Waals surface area contributed by atoms with Crippen molar-refractivity contribution in [3.05, 3.63) is 28.8 Å². The summed E-state index contributed by atoms with van der Waals surface area (Å²) in [6.07, 6.45) is 3.76. The summed E-state index contributed by atoms with van der Waals surface area (Å²) in [5.41, 5.74) is 1.65. The van der Waals surface area contributed by atoms with Gasteiger partial charge in [-0.3, -0.25) is 0 Å². The molecule has 1 fully saturated rings. The van der Waals surface area contributed by atoms with E-state index in [0.717, 1.165) is 25.3 Å². The van der Waals surface area contributed by atoms with Gasteiger partial charge >= 0.3 is 0 Å². The minimum absolute atomic E-state index is 0.513. The third kappa shape index (κ3) is 3.62. The van der Waals surface area contributed by atoms with Gasteiger partial charge in [-0.05, 0) is 44.5 Å². The highest BCUT2D eigenvalue weighted by Crippen LogP contribution is 2.25. The number of hydrogen-bond donors (Lipinski definition) is 1. The summed E-state index contributed by atoms with van der Waals surface area (Å²) in [6.45, 7) is 5.03. The Labute approximate surface area is 120 Å². The summed E-state index contributed by atoms with van der Waals surface area (Å²) >= 11 is 6.07. The zero-order valence-corrected chi connectivity index (χ0v) is 12.1. The van der Waals surface area contributed by atoms with Crippen molar-refractivity contribution in [1.82, 2.24) is 5.32 Å². The van der Waals surface area contributed by atoms with E-state index in [1.54, 1.807) is 12.1 Å². The molecule has 1 aromatic rings. The molecule has 1 heterocycles. The van der Waals surface area contributed by atoms with E-state index in [1.165, 1.54) is 19.3 Å². The molecule has 1 N–H and O–H groups in total. The molecule has 0 aromatic heterocycles. The lowest BCUT2D eigenvalue weighted by Gasteiger charge is -2.31. The lowest BCUT2D eigenvalue weighted by molar-refractivity contribution is 0.400. The lowest BCUT2D eigenvalue weighted by atomic mass is 10.0. The predicted octanol–water partition coefficient (Wildman–Crippen LogP) is 3.18. The monoisotopic (exact) mass is 277 g/mol. The van der Waals surface area contributed by atoms with Crippen molar-refractivity contribution >= 4 is 17.3 Å². The Morgan fingerprint density at radius 1 is 1.47 bits per heavy atom. The summed E-state index contributed by atoms with van der Waals surface area (Å²) in [5.74, 6) is 0. The fraction of sp³-hybridized carbons (Fsp3) is 0.533. The molecule has 1 aliphatic rings. The van der Waals surface area contributed by atoms with Crippen LogP contribution in [0.15, 0.2) is 18.2 Å². The zero-order chi connectivity index (χ0) is 13.7. The van der Waals surface area contributed by atoms with Crippen LogP contribution in [0.25, 0.3) is 0 Å². The first-order valence-corrected chi connectivity index (χ1v) is 7.30. The van der Waals surface area contributed by atoms with Gasteiger partial charge in [0.25, 0.3) is 0 Å². The average Bonchev–Trinajstić information content (AvgIpc) is 2.46. The first-order chi connectivity index (χ1) is 9.24. The Morgan fingerprint density at radius 2 is 2.32 bits per heavy atom. The second-order valence-corrected chi connectivity index (χ2v) is 5.40. The van der Waals surface area contributed by atoms with Crippen molar-refractivity contribution in [3.8, 4) is 6.07 Å². The molecule has 0 saturated carbocycles. The normalized spacial score (nSPS) is 18.9. The van der Waals surface area contributed by atoms with Gasteiger partial charge < -0.3 is 10.2 Å². The minimum Gasteiger partial charge on any atom is -0.369 e. The molecule has 1 aromatic carbocycles. The van der Waals surface area contributed by atoms with Crippen molar-refractivity contribution in [2.75, 3.05) is 24.5 Å². The van der Waals surface area contributed by atoms with Gasteiger partial charge in [0, 0.05) is 24.2 Å². The number of nitriles is 1. The van der Waals surface area contributed by atoms with Crippen molar-refractivity contribution in [2.24, 2.45) is 0 Å². The van der Waals surface area contributed by atoms with Crippen LogP contribution < -0.4 is 10.2 Å². The van der Waals surface area contributed by atoms with Crippen LogP contribution in [0.4, 0.5) is 5.69 Å². The van der Waals surface area contributed by atoms with E-state index in [-0.39, 0.29) is 0 Å². The molecule has 102 valence electrons. The van der Waals surface area contributed by atoms with E-state index in [9.17, 15) is 5.26 Å². The van der Waals surface area contributed by atoms with Gasteiger partial charge in [0.15, 0.2) is 0 Å². The Kier molecular flexibility index (Phi) is 5.07. The molecule has 3 nitrogen and oxygen atoms in total. The summed E-state index contributed by atoms with van der Waals surface area (Å²) in [5, 5.41) is 13.5. The fourth-order valence-corrected chi connectivity index (χ4v) is 2.77. The topological polar surface area (TPSA) is 39.1 Å². The smallest absolute Gasteiger partial charge is 0.101 e. The SMILES string of the molecule is CCN(CC1CCCCN1)c1cc(Cl)ccc1C#N. The van der Waals surface area contributed by atoms with E-state index >= 15 is 0 Å². The van der Waals surface area contributed by atoms with Crippen molar-refractivity contribution in [2.45, 2.75) is 32.2 Å². The van der Waals surface area contributed by atoms with E-state index in [0.29, 0.717) is 16.6 Å². The lowest BCUT2D eigenvalue weighted by Crippen LogP contribution is -2.44. The molecule has 1 atom stereocenters. The second-order valence-electron chi connectivity index (χ2n) is 4.96. The maximum Gasteiger partial charge on any atom is 0.101 e. The Hall–Kier alpha value is -1.24. The Balaban J connectivity index is 2.16. The van der Waals surface area contributed by atoms with Gasteiger partial charge in [0.2, 0.25) is 0 Å². The van der Waals surface area contributed by atoms with Crippen LogP contribution in [-0.4, -0.2) is 25.7 Å². The molecule has 2 rings (SSSR count). The van der Waals surface area contributed by atoms with Crippen LogP contribution in [0.5, 0.6) is 0 Å². The molecule has 0 spiro atoms. The largest absolute Gasteiger partial charge is 0.369 e. The molecular weight excluding hydrogens is 258 g/mol. The molecule has 19 heavy (non-hydrogen) atoms. The molecule has 0 bridgehead atoms. The highest BCUT2D eigenvalue weighted by Gasteiger charge is 2.18. The maximum absolute atomic E-state index is 9.22. The molecule has 1 saturated heterocycles. The van der Waals surface area contributed by atoms with E-state index in [1.807, 2.05) is 6.07 Å². The molecule has 1 aliphatic heterocycles. The quantitative estimate of drug-likeness (QED) is 0.919. The van der Waals surface area contributed by atoms with Crippen molar-refractivity contribution < 1.29 is 0 Å². The number of likely N-dealkylation sites (N-methyl/N-ethyl adjacent to an activating group) is 1. The van der Waals surface area contributed by atoms with Crippen LogP contribution >= 0.6 is 11.6 Å². The van der Waals surface area contributed by atoms with Gasteiger partial charge in [-0.2, -0.15) is 5.26 Å². The summed E-state index contributed by atoms with van der Waals surface area (Å²) in [6, 6.07) is 8.24. The van der Waals surface area contributed by atoms with Crippen LogP contribution in [0.3, 0.4) is 0 Å². The standard InChI is InChI=1S/C15H20ClN3/c1-2-19(11-14-5-3-4-8-18-14)15-9-13(16)7-6-12(15)10-17/h6-7,9,14,18H,2-5,8,11H2,1H3.